The minimum absolute atomic E-state index is 0.0896. The van der Waals surface area contributed by atoms with Gasteiger partial charge in [-0.3, -0.25) is 0 Å². The van der Waals surface area contributed by atoms with Gasteiger partial charge in [0.05, 0.1) is 10.6 Å². The Morgan fingerprint density at radius 2 is 2.22 bits per heavy atom. The van der Waals surface area contributed by atoms with E-state index < -0.39 is 5.97 Å². The second kappa shape index (κ2) is 3.92. The van der Waals surface area contributed by atoms with E-state index in [0.29, 0.717) is 27.8 Å². The zero-order chi connectivity index (χ0) is 12.7. The monoisotopic (exact) mass is 267 g/mol. The Balaban J connectivity index is 2.16. The number of ether oxygens (including phenoxy) is 2. The zero-order valence-corrected chi connectivity index (χ0v) is 9.60. The third-order valence-corrected chi connectivity index (χ3v) is 2.78. The molecule has 18 heavy (non-hydrogen) atoms. The number of rotatable bonds is 2. The molecule has 7 heteroatoms. The smallest absolute Gasteiger partial charge is 0.374 e. The first-order chi connectivity index (χ1) is 8.66. The lowest BCUT2D eigenvalue weighted by Gasteiger charge is -2.04. The van der Waals surface area contributed by atoms with Gasteiger partial charge >= 0.3 is 5.97 Å². The summed E-state index contributed by atoms with van der Waals surface area (Å²) in [4.78, 5) is 10.7. The summed E-state index contributed by atoms with van der Waals surface area (Å²) in [5.41, 5.74) is 0.752. The highest BCUT2D eigenvalue weighted by Gasteiger charge is 2.24. The molecule has 0 bridgehead atoms. The lowest BCUT2D eigenvalue weighted by atomic mass is 10.1. The molecule has 0 saturated heterocycles. The first-order valence-corrected chi connectivity index (χ1v) is 5.33. The number of aromatic carboxylic acids is 1. The van der Waals surface area contributed by atoms with Gasteiger partial charge in [-0.25, -0.2) is 4.79 Å². The van der Waals surface area contributed by atoms with Crippen molar-refractivity contribution in [2.24, 2.45) is 0 Å². The van der Waals surface area contributed by atoms with Crippen LogP contribution in [-0.4, -0.2) is 23.0 Å². The van der Waals surface area contributed by atoms with Gasteiger partial charge in [-0.1, -0.05) is 16.8 Å². The molecule has 1 aliphatic rings. The first kappa shape index (κ1) is 10.9. The molecule has 2 aromatic rings. The van der Waals surface area contributed by atoms with Crippen LogP contribution in [0.1, 0.15) is 10.6 Å². The second-order valence-corrected chi connectivity index (χ2v) is 3.94. The summed E-state index contributed by atoms with van der Waals surface area (Å²) in [6.45, 7) is 0.0896. The molecule has 0 saturated carbocycles. The number of hydrogen-bond acceptors (Lipinski definition) is 5. The third-order valence-electron chi connectivity index (χ3n) is 2.47. The van der Waals surface area contributed by atoms with Crippen LogP contribution in [0.2, 0.25) is 5.02 Å². The van der Waals surface area contributed by atoms with Crippen molar-refractivity contribution in [2.75, 3.05) is 6.79 Å². The van der Waals surface area contributed by atoms with Gasteiger partial charge in [-0.15, -0.1) is 0 Å². The van der Waals surface area contributed by atoms with E-state index in [0.717, 1.165) is 0 Å². The molecule has 0 fully saturated rings. The van der Waals surface area contributed by atoms with Crippen LogP contribution >= 0.6 is 11.6 Å². The second-order valence-electron chi connectivity index (χ2n) is 3.54. The molecule has 0 spiro atoms. The van der Waals surface area contributed by atoms with Crippen LogP contribution in [0.25, 0.3) is 11.3 Å². The Morgan fingerprint density at radius 1 is 1.39 bits per heavy atom. The summed E-state index contributed by atoms with van der Waals surface area (Å²) in [6.07, 6.45) is 0. The van der Waals surface area contributed by atoms with E-state index in [-0.39, 0.29) is 12.6 Å². The summed E-state index contributed by atoms with van der Waals surface area (Å²) < 4.78 is 15.2. The lowest BCUT2D eigenvalue weighted by molar-refractivity contribution is 0.0652. The van der Waals surface area contributed by atoms with Gasteiger partial charge in [0, 0.05) is 6.07 Å². The Morgan fingerprint density at radius 3 is 2.94 bits per heavy atom. The minimum atomic E-state index is -1.20. The van der Waals surface area contributed by atoms with Crippen LogP contribution in [0.3, 0.4) is 0 Å². The van der Waals surface area contributed by atoms with Gasteiger partial charge in [0.2, 0.25) is 12.6 Å². The van der Waals surface area contributed by atoms with E-state index in [1.165, 1.54) is 6.07 Å². The van der Waals surface area contributed by atoms with Crippen molar-refractivity contribution in [1.29, 1.82) is 0 Å². The molecule has 1 N–H and O–H groups in total. The molecule has 0 aliphatic carbocycles. The van der Waals surface area contributed by atoms with Crippen molar-refractivity contribution in [3.63, 3.8) is 0 Å². The number of halogens is 1. The van der Waals surface area contributed by atoms with Crippen LogP contribution in [0.4, 0.5) is 0 Å². The van der Waals surface area contributed by atoms with Crippen molar-refractivity contribution in [3.05, 3.63) is 29.0 Å². The van der Waals surface area contributed by atoms with Gasteiger partial charge in [0.1, 0.15) is 5.69 Å². The van der Waals surface area contributed by atoms with E-state index in [1.54, 1.807) is 12.1 Å². The molecule has 0 atom stereocenters. The highest BCUT2D eigenvalue weighted by Crippen LogP contribution is 2.45. The first-order valence-electron chi connectivity index (χ1n) is 4.95. The van der Waals surface area contributed by atoms with Gasteiger partial charge in [0.25, 0.3) is 0 Å². The fourth-order valence-corrected chi connectivity index (χ4v) is 1.93. The molecular weight excluding hydrogens is 262 g/mol. The molecule has 0 amide bonds. The van der Waals surface area contributed by atoms with E-state index in [9.17, 15) is 4.79 Å². The molecular formula is C11H6ClNO5. The summed E-state index contributed by atoms with van der Waals surface area (Å²) in [7, 11) is 0. The zero-order valence-electron chi connectivity index (χ0n) is 8.84. The standard InChI is InChI=1S/C11H6ClNO5/c12-5-1-2-7-10(17-4-16-7)9(5)6-3-8(11(14)15)18-13-6/h1-3H,4H2,(H,14,15). The topological polar surface area (TPSA) is 81.8 Å². The summed E-state index contributed by atoms with van der Waals surface area (Å²) in [6, 6.07) is 4.58. The highest BCUT2D eigenvalue weighted by molar-refractivity contribution is 6.33. The molecule has 2 heterocycles. The molecule has 1 aromatic carbocycles. The number of benzene rings is 1. The molecule has 6 nitrogen and oxygen atoms in total. The molecule has 0 radical (unpaired) electrons. The van der Waals surface area contributed by atoms with Crippen molar-refractivity contribution in [1.82, 2.24) is 5.16 Å². The number of nitrogens with zero attached hydrogens (tertiary/aromatic N) is 1. The Bertz CT molecular complexity index is 636. The summed E-state index contributed by atoms with van der Waals surface area (Å²) >= 11 is 6.07. The Kier molecular flexibility index (Phi) is 2.38. The largest absolute Gasteiger partial charge is 0.475 e. The van der Waals surface area contributed by atoms with Crippen molar-refractivity contribution >= 4 is 17.6 Å². The van der Waals surface area contributed by atoms with Crippen molar-refractivity contribution in [3.8, 4) is 22.8 Å². The normalized spacial score (nSPS) is 12.7. The van der Waals surface area contributed by atoms with Gasteiger partial charge in [-0.2, -0.15) is 0 Å². The summed E-state index contributed by atoms with van der Waals surface area (Å²) in [5, 5.41) is 12.8. The van der Waals surface area contributed by atoms with Crippen molar-refractivity contribution < 1.29 is 23.9 Å². The van der Waals surface area contributed by atoms with Crippen LogP contribution in [0.5, 0.6) is 11.5 Å². The number of aromatic nitrogens is 1. The summed E-state index contributed by atoms with van der Waals surface area (Å²) in [5.74, 6) is -0.491. The molecule has 3 rings (SSSR count). The van der Waals surface area contributed by atoms with E-state index in [2.05, 4.69) is 5.16 Å². The van der Waals surface area contributed by atoms with E-state index >= 15 is 0 Å². The van der Waals surface area contributed by atoms with Crippen LogP contribution < -0.4 is 9.47 Å². The molecule has 92 valence electrons. The maximum absolute atomic E-state index is 10.7. The predicted molar refractivity (Wildman–Crippen MR) is 60.0 cm³/mol. The van der Waals surface area contributed by atoms with Crippen LogP contribution in [-0.2, 0) is 0 Å². The molecule has 1 aliphatic heterocycles. The number of hydrogen-bond donors (Lipinski definition) is 1. The Labute approximate surface area is 106 Å². The van der Waals surface area contributed by atoms with Crippen LogP contribution in [0, 0.1) is 0 Å². The number of fused-ring (bicyclic) bond motifs is 1. The average Bonchev–Trinajstić information content (AvgIpc) is 2.95. The lowest BCUT2D eigenvalue weighted by Crippen LogP contribution is -1.94. The fourth-order valence-electron chi connectivity index (χ4n) is 1.68. The fraction of sp³-hybridized carbons (Fsp3) is 0.0909. The van der Waals surface area contributed by atoms with E-state index in [1.807, 2.05) is 0 Å². The third kappa shape index (κ3) is 1.58. The van der Waals surface area contributed by atoms with E-state index in [4.69, 9.17) is 30.7 Å². The molecule has 1 aromatic heterocycles. The maximum Gasteiger partial charge on any atom is 0.374 e. The quantitative estimate of drug-likeness (QED) is 0.900. The number of carboxylic acids is 1. The SMILES string of the molecule is O=C(O)c1cc(-c2c(Cl)ccc3c2OCO3)no1. The van der Waals surface area contributed by atoms with Gasteiger partial charge < -0.3 is 19.1 Å². The maximum atomic E-state index is 10.7. The van der Waals surface area contributed by atoms with Gasteiger partial charge in [-0.05, 0) is 12.1 Å². The Hall–Kier alpha value is -2.21. The van der Waals surface area contributed by atoms with Gasteiger partial charge in [0.15, 0.2) is 11.5 Å². The van der Waals surface area contributed by atoms with Crippen LogP contribution in [0.15, 0.2) is 22.7 Å². The molecule has 0 unspecified atom stereocenters. The number of carboxylic acid groups (broad SMARTS) is 1. The average molecular weight is 268 g/mol. The predicted octanol–water partition coefficient (Wildman–Crippen LogP) is 2.42. The highest BCUT2D eigenvalue weighted by atomic mass is 35.5. The van der Waals surface area contributed by atoms with Crippen molar-refractivity contribution in [2.45, 2.75) is 0 Å². The minimum Gasteiger partial charge on any atom is -0.475 e. The number of carbonyl (C=O) groups is 1.